The van der Waals surface area contributed by atoms with E-state index in [0.29, 0.717) is 23.7 Å². The second-order valence-electron chi connectivity index (χ2n) is 14.5. The van der Waals surface area contributed by atoms with Gasteiger partial charge in [-0.15, -0.1) is 0 Å². The number of rotatable bonds is 1. The molecule has 0 aliphatic heterocycles. The van der Waals surface area contributed by atoms with Crippen LogP contribution < -0.4 is 0 Å². The molecule has 5 aliphatic rings. The third-order valence-electron chi connectivity index (χ3n) is 13.5. The summed E-state index contributed by atoms with van der Waals surface area (Å²) in [7, 11) is 0. The van der Waals surface area contributed by atoms with Gasteiger partial charge in [0.25, 0.3) is 0 Å². The molecule has 0 aromatic rings. The lowest BCUT2D eigenvalue weighted by Gasteiger charge is -2.73. The van der Waals surface area contributed by atoms with Gasteiger partial charge in [0.1, 0.15) is 0 Å². The van der Waals surface area contributed by atoms with E-state index in [-0.39, 0.29) is 33.7 Å². The SMILES string of the molecule is CC1=CC[C@]2(C(=O)O)CC[C@]3(C)[C@@H](CC[C@@H]4[C@@]5(C)CC[C@H](O)C(C)(C)[C@@H]5CC[C@]43C)[C@H]2[C@@H]1C. The number of carboxylic acids is 1. The summed E-state index contributed by atoms with van der Waals surface area (Å²) in [6, 6.07) is 0. The highest BCUT2D eigenvalue weighted by atomic mass is 16.4. The molecule has 0 spiro atoms. The molecular formula is C30H48O3. The van der Waals surface area contributed by atoms with Gasteiger partial charge in [0.2, 0.25) is 0 Å². The number of hydrogen-bond acceptors (Lipinski definition) is 2. The summed E-state index contributed by atoms with van der Waals surface area (Å²) < 4.78 is 0. The minimum Gasteiger partial charge on any atom is -0.481 e. The Kier molecular flexibility index (Phi) is 5.15. The number of fused-ring (bicyclic) bond motifs is 7. The summed E-state index contributed by atoms with van der Waals surface area (Å²) in [5.41, 5.74) is 1.55. The normalized spacial score (nSPS) is 55.3. The van der Waals surface area contributed by atoms with Gasteiger partial charge in [0.15, 0.2) is 0 Å². The van der Waals surface area contributed by atoms with Crippen molar-refractivity contribution in [2.75, 3.05) is 0 Å². The van der Waals surface area contributed by atoms with Gasteiger partial charge in [-0.3, -0.25) is 4.79 Å². The van der Waals surface area contributed by atoms with Gasteiger partial charge in [-0.2, -0.15) is 0 Å². The Hall–Kier alpha value is -0.830. The molecule has 0 saturated heterocycles. The molecule has 0 bridgehead atoms. The summed E-state index contributed by atoms with van der Waals surface area (Å²) in [4.78, 5) is 12.8. The van der Waals surface area contributed by atoms with Crippen molar-refractivity contribution in [3.8, 4) is 0 Å². The van der Waals surface area contributed by atoms with E-state index < -0.39 is 11.4 Å². The van der Waals surface area contributed by atoms with Gasteiger partial charge in [-0.25, -0.2) is 0 Å². The number of aliphatic hydroxyl groups excluding tert-OH is 1. The fraction of sp³-hybridized carbons (Fsp3) is 0.900. The maximum absolute atomic E-state index is 12.8. The Morgan fingerprint density at radius 3 is 2.27 bits per heavy atom. The molecule has 0 heterocycles. The standard InChI is InChI=1S/C30H48O3/c1-18-10-15-30(25(32)33)17-16-28(6)20(24(30)19(18)2)8-9-22-27(5)13-12-23(31)26(3,4)21(27)11-14-29(22,28)7/h10,19-24,31H,8-9,11-17H2,1-7H3,(H,32,33)/t19-,20+,21+,22-,23+,24-,27+,28-,29-,30+/m1/s1. The molecule has 186 valence electrons. The average molecular weight is 457 g/mol. The van der Waals surface area contributed by atoms with Crippen molar-refractivity contribution in [1.29, 1.82) is 0 Å². The molecule has 0 aromatic heterocycles. The summed E-state index contributed by atoms with van der Waals surface area (Å²) in [6.45, 7) is 16.9. The van der Waals surface area contributed by atoms with Crippen LogP contribution in [0.1, 0.15) is 106 Å². The smallest absolute Gasteiger partial charge is 0.310 e. The van der Waals surface area contributed by atoms with Crippen molar-refractivity contribution < 1.29 is 15.0 Å². The molecule has 10 atom stereocenters. The van der Waals surface area contributed by atoms with Crippen molar-refractivity contribution in [2.45, 2.75) is 112 Å². The zero-order valence-corrected chi connectivity index (χ0v) is 22.2. The van der Waals surface area contributed by atoms with Crippen LogP contribution in [-0.2, 0) is 4.79 Å². The van der Waals surface area contributed by atoms with E-state index in [1.807, 2.05) is 0 Å². The molecule has 2 N–H and O–H groups in total. The second-order valence-corrected chi connectivity index (χ2v) is 14.5. The molecule has 3 heteroatoms. The van der Waals surface area contributed by atoms with E-state index in [1.165, 1.54) is 31.3 Å². The molecule has 0 unspecified atom stereocenters. The maximum Gasteiger partial charge on any atom is 0.310 e. The number of hydrogen-bond donors (Lipinski definition) is 2. The van der Waals surface area contributed by atoms with Crippen molar-refractivity contribution in [3.05, 3.63) is 11.6 Å². The zero-order chi connectivity index (χ0) is 24.2. The molecule has 33 heavy (non-hydrogen) atoms. The van der Waals surface area contributed by atoms with Crippen LogP contribution in [0.15, 0.2) is 11.6 Å². The molecule has 0 aromatic carbocycles. The number of aliphatic carboxylic acids is 1. The molecule has 5 aliphatic carbocycles. The maximum atomic E-state index is 12.8. The van der Waals surface area contributed by atoms with E-state index in [0.717, 1.165) is 32.1 Å². The third-order valence-corrected chi connectivity index (χ3v) is 13.5. The first-order chi connectivity index (χ1) is 15.3. The van der Waals surface area contributed by atoms with Gasteiger partial charge in [-0.05, 0) is 116 Å². The highest BCUT2D eigenvalue weighted by molar-refractivity contribution is 5.76. The van der Waals surface area contributed by atoms with Gasteiger partial charge >= 0.3 is 5.97 Å². The molecular weight excluding hydrogens is 408 g/mol. The number of aliphatic hydroxyl groups is 1. The highest BCUT2D eigenvalue weighted by Crippen LogP contribution is 2.76. The average Bonchev–Trinajstić information content (AvgIpc) is 2.74. The zero-order valence-electron chi connectivity index (χ0n) is 22.2. The number of allylic oxidation sites excluding steroid dienone is 2. The lowest BCUT2D eigenvalue weighted by Crippen LogP contribution is -2.67. The Morgan fingerprint density at radius 1 is 0.909 bits per heavy atom. The minimum absolute atomic E-state index is 0.0170. The monoisotopic (exact) mass is 456 g/mol. The Morgan fingerprint density at radius 2 is 1.61 bits per heavy atom. The fourth-order valence-electron chi connectivity index (χ4n) is 11.3. The lowest BCUT2D eigenvalue weighted by atomic mass is 9.31. The van der Waals surface area contributed by atoms with Gasteiger partial charge < -0.3 is 10.2 Å². The minimum atomic E-state index is -0.565. The van der Waals surface area contributed by atoms with Crippen LogP contribution in [0.2, 0.25) is 0 Å². The summed E-state index contributed by atoms with van der Waals surface area (Å²) in [5.74, 6) is 1.81. The Bertz CT molecular complexity index is 874. The Balaban J connectivity index is 1.57. The predicted octanol–water partition coefficient (Wildman–Crippen LogP) is 7.09. The van der Waals surface area contributed by atoms with Crippen LogP contribution in [0.3, 0.4) is 0 Å². The molecule has 4 fully saturated rings. The van der Waals surface area contributed by atoms with Crippen LogP contribution in [-0.4, -0.2) is 22.3 Å². The van der Waals surface area contributed by atoms with E-state index >= 15 is 0 Å². The van der Waals surface area contributed by atoms with Crippen LogP contribution in [0.4, 0.5) is 0 Å². The van der Waals surface area contributed by atoms with Crippen LogP contribution in [0, 0.1) is 56.7 Å². The lowest BCUT2D eigenvalue weighted by molar-refractivity contribution is -0.252. The van der Waals surface area contributed by atoms with Crippen molar-refractivity contribution in [1.82, 2.24) is 0 Å². The second kappa shape index (κ2) is 7.11. The fourth-order valence-corrected chi connectivity index (χ4v) is 11.3. The third kappa shape index (κ3) is 2.75. The van der Waals surface area contributed by atoms with E-state index in [9.17, 15) is 15.0 Å². The molecule has 5 rings (SSSR count). The quantitative estimate of drug-likeness (QED) is 0.414. The van der Waals surface area contributed by atoms with E-state index in [4.69, 9.17) is 0 Å². The number of carbonyl (C=O) groups is 1. The van der Waals surface area contributed by atoms with Crippen LogP contribution in [0.25, 0.3) is 0 Å². The van der Waals surface area contributed by atoms with Crippen molar-refractivity contribution in [3.63, 3.8) is 0 Å². The van der Waals surface area contributed by atoms with Crippen LogP contribution >= 0.6 is 0 Å². The van der Waals surface area contributed by atoms with Crippen LogP contribution in [0.5, 0.6) is 0 Å². The van der Waals surface area contributed by atoms with E-state index in [1.54, 1.807) is 0 Å². The first kappa shape index (κ1) is 23.9. The Labute approximate surface area is 201 Å². The topological polar surface area (TPSA) is 57.5 Å². The van der Waals surface area contributed by atoms with Crippen molar-refractivity contribution >= 4 is 5.97 Å². The summed E-state index contributed by atoms with van der Waals surface area (Å²) >= 11 is 0. The summed E-state index contributed by atoms with van der Waals surface area (Å²) in [5, 5.41) is 21.4. The van der Waals surface area contributed by atoms with Gasteiger partial charge in [-0.1, -0.05) is 53.2 Å². The molecule has 0 radical (unpaired) electrons. The molecule has 3 nitrogen and oxygen atoms in total. The largest absolute Gasteiger partial charge is 0.481 e. The predicted molar refractivity (Wildman–Crippen MR) is 133 cm³/mol. The first-order valence-corrected chi connectivity index (χ1v) is 13.8. The van der Waals surface area contributed by atoms with Gasteiger partial charge in [0.05, 0.1) is 11.5 Å². The van der Waals surface area contributed by atoms with Crippen molar-refractivity contribution in [2.24, 2.45) is 56.7 Å². The number of carboxylic acid groups (broad SMARTS) is 1. The highest BCUT2D eigenvalue weighted by Gasteiger charge is 2.71. The van der Waals surface area contributed by atoms with Gasteiger partial charge in [0, 0.05) is 0 Å². The molecule has 4 saturated carbocycles. The van der Waals surface area contributed by atoms with E-state index in [2.05, 4.69) is 54.5 Å². The summed E-state index contributed by atoms with van der Waals surface area (Å²) in [6.07, 6.45) is 11.6. The molecule has 0 amide bonds. The first-order valence-electron chi connectivity index (χ1n) is 13.8.